The Morgan fingerprint density at radius 1 is 1.21 bits per heavy atom. The molecule has 0 fully saturated rings. The number of fused-ring (bicyclic) bond motifs is 1. The van der Waals surface area contributed by atoms with Crippen LogP contribution in [0.15, 0.2) is 51.8 Å². The number of nitrogens with one attached hydrogen (secondary N) is 1. The second-order valence-electron chi connectivity index (χ2n) is 7.35. The fourth-order valence-corrected chi connectivity index (χ4v) is 5.08. The number of hydrogen-bond donors (Lipinski definition) is 1. The van der Waals surface area contributed by atoms with Crippen molar-refractivity contribution in [1.82, 2.24) is 0 Å². The van der Waals surface area contributed by atoms with Crippen molar-refractivity contribution in [1.29, 1.82) is 0 Å². The maximum atomic E-state index is 12.9. The van der Waals surface area contributed by atoms with Gasteiger partial charge < -0.3 is 9.64 Å². The van der Waals surface area contributed by atoms with Crippen LogP contribution < -0.4 is 14.4 Å². The Balaban J connectivity index is 1.97. The summed E-state index contributed by atoms with van der Waals surface area (Å²) in [6, 6.07) is 11.6. The number of halogens is 1. The van der Waals surface area contributed by atoms with E-state index in [1.807, 2.05) is 20.8 Å². The second-order valence-corrected chi connectivity index (χ2v) is 9.85. The van der Waals surface area contributed by atoms with Gasteiger partial charge in [-0.3, -0.25) is 9.52 Å². The Morgan fingerprint density at radius 2 is 1.93 bits per heavy atom. The molecule has 0 aromatic heterocycles. The van der Waals surface area contributed by atoms with E-state index in [0.29, 0.717) is 28.1 Å². The molecular formula is C20H23BrN2O4S. The summed E-state index contributed by atoms with van der Waals surface area (Å²) in [6.45, 7) is 6.49. The van der Waals surface area contributed by atoms with E-state index in [4.69, 9.17) is 4.74 Å². The molecule has 150 valence electrons. The number of carbonyl (C=O) groups excluding carboxylic acids is 1. The van der Waals surface area contributed by atoms with Gasteiger partial charge in [0, 0.05) is 17.1 Å². The van der Waals surface area contributed by atoms with E-state index in [-0.39, 0.29) is 17.4 Å². The predicted molar refractivity (Wildman–Crippen MR) is 113 cm³/mol. The van der Waals surface area contributed by atoms with E-state index in [1.165, 1.54) is 6.07 Å². The van der Waals surface area contributed by atoms with Gasteiger partial charge in [0.25, 0.3) is 10.0 Å². The van der Waals surface area contributed by atoms with Crippen LogP contribution >= 0.6 is 15.9 Å². The van der Waals surface area contributed by atoms with E-state index in [9.17, 15) is 13.2 Å². The normalized spacial score (nSPS) is 16.1. The predicted octanol–water partition coefficient (Wildman–Crippen LogP) is 4.41. The van der Waals surface area contributed by atoms with Crippen LogP contribution in [0.25, 0.3) is 0 Å². The summed E-state index contributed by atoms with van der Waals surface area (Å²) in [4.78, 5) is 14.7. The van der Waals surface area contributed by atoms with Crippen molar-refractivity contribution in [3.63, 3.8) is 0 Å². The lowest BCUT2D eigenvalue weighted by molar-refractivity contribution is -0.127. The SMILES string of the molecule is CCCN1C(=O)C(C)(C)COc2cc(NS(=O)(=O)c3ccccc3Br)ccc21. The average Bonchev–Trinajstić information content (AvgIpc) is 2.72. The summed E-state index contributed by atoms with van der Waals surface area (Å²) in [7, 11) is -3.77. The van der Waals surface area contributed by atoms with Crippen molar-refractivity contribution in [2.75, 3.05) is 22.8 Å². The Kier molecular flexibility index (Phi) is 5.72. The minimum Gasteiger partial charge on any atom is -0.490 e. The molecule has 3 rings (SSSR count). The van der Waals surface area contributed by atoms with Gasteiger partial charge in [-0.1, -0.05) is 19.1 Å². The summed E-state index contributed by atoms with van der Waals surface area (Å²) < 4.78 is 34.4. The maximum absolute atomic E-state index is 12.9. The Hall–Kier alpha value is -2.06. The zero-order valence-corrected chi connectivity index (χ0v) is 18.4. The van der Waals surface area contributed by atoms with Crippen molar-refractivity contribution in [2.45, 2.75) is 32.1 Å². The van der Waals surface area contributed by atoms with Crippen LogP contribution in [0.5, 0.6) is 5.75 Å². The standard InChI is InChI=1S/C20H23BrN2O4S/c1-4-11-23-16-10-9-14(12-17(16)27-13-20(2,3)19(23)24)22-28(25,26)18-8-6-5-7-15(18)21/h5-10,12,22H,4,11,13H2,1-3H3. The van der Waals surface area contributed by atoms with Crippen molar-refractivity contribution < 1.29 is 17.9 Å². The van der Waals surface area contributed by atoms with Gasteiger partial charge in [-0.25, -0.2) is 8.42 Å². The first kappa shape index (κ1) is 20.7. The number of anilines is 2. The van der Waals surface area contributed by atoms with Gasteiger partial charge in [0.05, 0.1) is 16.8 Å². The number of nitrogens with zero attached hydrogens (tertiary/aromatic N) is 1. The molecule has 1 N–H and O–H groups in total. The molecule has 28 heavy (non-hydrogen) atoms. The molecule has 1 aliphatic heterocycles. The lowest BCUT2D eigenvalue weighted by Gasteiger charge is -2.27. The molecule has 1 aliphatic rings. The molecule has 0 aliphatic carbocycles. The van der Waals surface area contributed by atoms with E-state index < -0.39 is 15.4 Å². The molecule has 0 bridgehead atoms. The smallest absolute Gasteiger partial charge is 0.263 e. The van der Waals surface area contributed by atoms with Gasteiger partial charge in [-0.15, -0.1) is 0 Å². The van der Waals surface area contributed by atoms with Gasteiger partial charge in [0.15, 0.2) is 0 Å². The van der Waals surface area contributed by atoms with Crippen LogP contribution in [-0.2, 0) is 14.8 Å². The molecule has 0 saturated heterocycles. The van der Waals surface area contributed by atoms with Crippen LogP contribution in [-0.4, -0.2) is 27.5 Å². The monoisotopic (exact) mass is 466 g/mol. The first-order valence-electron chi connectivity index (χ1n) is 9.02. The summed E-state index contributed by atoms with van der Waals surface area (Å²) in [5.74, 6) is 0.481. The molecule has 0 unspecified atom stereocenters. The van der Waals surface area contributed by atoms with Crippen LogP contribution in [0.3, 0.4) is 0 Å². The molecule has 0 radical (unpaired) electrons. The molecule has 0 saturated carbocycles. The highest BCUT2D eigenvalue weighted by Gasteiger charge is 2.37. The summed E-state index contributed by atoms with van der Waals surface area (Å²) >= 11 is 3.27. The Bertz CT molecular complexity index is 1010. The van der Waals surface area contributed by atoms with E-state index in [2.05, 4.69) is 20.7 Å². The third kappa shape index (κ3) is 4.03. The fraction of sp³-hybridized carbons (Fsp3) is 0.350. The van der Waals surface area contributed by atoms with Crippen molar-refractivity contribution in [3.05, 3.63) is 46.9 Å². The van der Waals surface area contributed by atoms with Crippen molar-refractivity contribution in [2.24, 2.45) is 5.41 Å². The number of hydrogen-bond acceptors (Lipinski definition) is 4. The number of ether oxygens (including phenoxy) is 1. The number of sulfonamides is 1. The van der Waals surface area contributed by atoms with Gasteiger partial charge in [-0.05, 0) is 60.5 Å². The number of amides is 1. The topological polar surface area (TPSA) is 75.7 Å². The number of benzene rings is 2. The molecule has 2 aromatic rings. The first-order valence-corrected chi connectivity index (χ1v) is 11.3. The summed E-state index contributed by atoms with van der Waals surface area (Å²) in [5, 5.41) is 0. The van der Waals surface area contributed by atoms with Crippen molar-refractivity contribution in [3.8, 4) is 5.75 Å². The molecule has 1 amide bonds. The largest absolute Gasteiger partial charge is 0.490 e. The number of rotatable bonds is 5. The van der Waals surface area contributed by atoms with Gasteiger partial charge in [0.1, 0.15) is 17.3 Å². The zero-order valence-electron chi connectivity index (χ0n) is 16.0. The molecule has 1 heterocycles. The highest BCUT2D eigenvalue weighted by molar-refractivity contribution is 9.10. The molecule has 0 spiro atoms. The van der Waals surface area contributed by atoms with Gasteiger partial charge in [0.2, 0.25) is 5.91 Å². The number of carbonyl (C=O) groups is 1. The minimum atomic E-state index is -3.77. The molecule has 6 nitrogen and oxygen atoms in total. The van der Waals surface area contributed by atoms with Gasteiger partial charge in [-0.2, -0.15) is 0 Å². The molecule has 8 heteroatoms. The minimum absolute atomic E-state index is 0.00496. The lowest BCUT2D eigenvalue weighted by atomic mass is 9.93. The molecule has 0 atom stereocenters. The van der Waals surface area contributed by atoms with Crippen LogP contribution in [0.4, 0.5) is 11.4 Å². The quantitative estimate of drug-likeness (QED) is 0.707. The average molecular weight is 467 g/mol. The maximum Gasteiger partial charge on any atom is 0.263 e. The first-order chi connectivity index (χ1) is 13.2. The van der Waals surface area contributed by atoms with E-state index >= 15 is 0 Å². The van der Waals surface area contributed by atoms with Crippen LogP contribution in [0.2, 0.25) is 0 Å². The van der Waals surface area contributed by atoms with Crippen LogP contribution in [0.1, 0.15) is 27.2 Å². The fourth-order valence-electron chi connectivity index (χ4n) is 3.03. The van der Waals surface area contributed by atoms with Crippen molar-refractivity contribution >= 4 is 43.2 Å². The zero-order chi connectivity index (χ0) is 20.5. The van der Waals surface area contributed by atoms with Crippen LogP contribution in [0, 0.1) is 5.41 Å². The second kappa shape index (κ2) is 7.75. The summed E-state index contributed by atoms with van der Waals surface area (Å²) in [5.41, 5.74) is 0.363. The Morgan fingerprint density at radius 3 is 2.61 bits per heavy atom. The third-order valence-corrected chi connectivity index (χ3v) is 6.88. The third-order valence-electron chi connectivity index (χ3n) is 4.49. The van der Waals surface area contributed by atoms with E-state index in [1.54, 1.807) is 41.3 Å². The molecule has 2 aromatic carbocycles. The van der Waals surface area contributed by atoms with E-state index in [0.717, 1.165) is 6.42 Å². The summed E-state index contributed by atoms with van der Waals surface area (Å²) in [6.07, 6.45) is 0.803. The highest BCUT2D eigenvalue weighted by Crippen LogP contribution is 2.38. The lowest BCUT2D eigenvalue weighted by Crippen LogP contribution is -2.42. The highest BCUT2D eigenvalue weighted by atomic mass is 79.9. The molecular weight excluding hydrogens is 444 g/mol. The Labute approximate surface area is 174 Å². The van der Waals surface area contributed by atoms with Gasteiger partial charge >= 0.3 is 0 Å².